The Morgan fingerprint density at radius 3 is 2.54 bits per heavy atom. The monoisotopic (exact) mass is 423 g/mol. The number of hydrogen-bond acceptors (Lipinski definition) is 5. The zero-order valence-electron chi connectivity index (χ0n) is 15.8. The number of hydrogen-bond donors (Lipinski definition) is 2. The predicted octanol–water partition coefficient (Wildman–Crippen LogP) is 3.75. The number of rotatable bonds is 7. The van der Waals surface area contributed by atoms with Gasteiger partial charge in [0.05, 0.1) is 22.1 Å². The molecule has 0 spiro atoms. The summed E-state index contributed by atoms with van der Waals surface area (Å²) < 4.78 is 5.78. The Bertz CT molecular complexity index is 853. The van der Waals surface area contributed by atoms with Gasteiger partial charge in [-0.15, -0.1) is 11.3 Å². The minimum absolute atomic E-state index is 0.0505. The summed E-state index contributed by atoms with van der Waals surface area (Å²) in [5.41, 5.74) is 0.474. The van der Waals surface area contributed by atoms with Gasteiger partial charge in [0.1, 0.15) is 0 Å². The van der Waals surface area contributed by atoms with E-state index in [9.17, 15) is 14.4 Å². The molecule has 1 aromatic carbocycles. The SMILES string of the molecule is CC(C)NC(=O)Nc1ccccc1C(=O)OCC(=O)N(C)Cc1ccc(Cl)s1. The van der Waals surface area contributed by atoms with Crippen molar-refractivity contribution < 1.29 is 19.1 Å². The van der Waals surface area contributed by atoms with Crippen molar-refractivity contribution in [2.24, 2.45) is 0 Å². The first-order chi connectivity index (χ1) is 13.3. The van der Waals surface area contributed by atoms with Crippen LogP contribution in [-0.4, -0.2) is 42.5 Å². The lowest BCUT2D eigenvalue weighted by Crippen LogP contribution is -2.34. The Hall–Kier alpha value is -2.58. The Morgan fingerprint density at radius 1 is 1.18 bits per heavy atom. The highest BCUT2D eigenvalue weighted by Gasteiger charge is 2.18. The normalized spacial score (nSPS) is 10.5. The number of anilines is 1. The van der Waals surface area contributed by atoms with Crippen LogP contribution in [0.15, 0.2) is 36.4 Å². The van der Waals surface area contributed by atoms with Gasteiger partial charge >= 0.3 is 12.0 Å². The number of thiophene rings is 1. The van der Waals surface area contributed by atoms with Crippen molar-refractivity contribution in [1.29, 1.82) is 0 Å². The Labute approximate surface area is 172 Å². The molecule has 0 aliphatic heterocycles. The van der Waals surface area contributed by atoms with Crippen molar-refractivity contribution in [3.8, 4) is 0 Å². The molecule has 1 aromatic heterocycles. The van der Waals surface area contributed by atoms with E-state index in [0.29, 0.717) is 16.6 Å². The van der Waals surface area contributed by atoms with Gasteiger partial charge in [0.15, 0.2) is 6.61 Å². The standard InChI is InChI=1S/C19H22ClN3O4S/c1-12(2)21-19(26)22-15-7-5-4-6-14(15)18(25)27-11-17(24)23(3)10-13-8-9-16(20)28-13/h4-9,12H,10-11H2,1-3H3,(H2,21,22,26). The van der Waals surface area contributed by atoms with Gasteiger partial charge in [0, 0.05) is 18.0 Å². The van der Waals surface area contributed by atoms with Crippen LogP contribution in [0.1, 0.15) is 29.1 Å². The number of likely N-dealkylation sites (N-methyl/N-ethyl adjacent to an activating group) is 1. The van der Waals surface area contributed by atoms with Crippen molar-refractivity contribution in [1.82, 2.24) is 10.2 Å². The maximum atomic E-state index is 12.4. The number of amides is 3. The molecular weight excluding hydrogens is 402 g/mol. The smallest absolute Gasteiger partial charge is 0.340 e. The lowest BCUT2D eigenvalue weighted by atomic mass is 10.2. The molecule has 3 amide bonds. The minimum atomic E-state index is -0.693. The summed E-state index contributed by atoms with van der Waals surface area (Å²) in [7, 11) is 1.62. The highest BCUT2D eigenvalue weighted by Crippen LogP contribution is 2.22. The fourth-order valence-electron chi connectivity index (χ4n) is 2.26. The lowest BCUT2D eigenvalue weighted by Gasteiger charge is -2.17. The molecule has 1 heterocycles. The first-order valence-electron chi connectivity index (χ1n) is 8.58. The molecule has 0 radical (unpaired) electrons. The molecule has 0 aliphatic rings. The molecule has 0 bridgehead atoms. The second-order valence-electron chi connectivity index (χ2n) is 6.33. The third kappa shape index (κ3) is 6.54. The van der Waals surface area contributed by atoms with Crippen LogP contribution in [0.3, 0.4) is 0 Å². The highest BCUT2D eigenvalue weighted by molar-refractivity contribution is 7.16. The maximum Gasteiger partial charge on any atom is 0.340 e. The van der Waals surface area contributed by atoms with E-state index in [1.165, 1.54) is 22.3 Å². The van der Waals surface area contributed by atoms with Crippen LogP contribution in [0.4, 0.5) is 10.5 Å². The topological polar surface area (TPSA) is 87.7 Å². The van der Waals surface area contributed by atoms with Gasteiger partial charge in [-0.2, -0.15) is 0 Å². The molecule has 2 aromatic rings. The summed E-state index contributed by atoms with van der Waals surface area (Å²) >= 11 is 7.27. The Morgan fingerprint density at radius 2 is 1.89 bits per heavy atom. The Kier molecular flexibility index (Phi) is 7.83. The van der Waals surface area contributed by atoms with Crippen LogP contribution in [0, 0.1) is 0 Å². The molecule has 7 nitrogen and oxygen atoms in total. The van der Waals surface area contributed by atoms with E-state index in [1.54, 1.807) is 31.3 Å². The van der Waals surface area contributed by atoms with Crippen LogP contribution >= 0.6 is 22.9 Å². The second kappa shape index (κ2) is 10.1. The Balaban J connectivity index is 1.93. The molecule has 0 fully saturated rings. The van der Waals surface area contributed by atoms with Crippen LogP contribution in [0.25, 0.3) is 0 Å². The quantitative estimate of drug-likeness (QED) is 0.664. The van der Waals surface area contributed by atoms with Gasteiger partial charge in [-0.25, -0.2) is 9.59 Å². The van der Waals surface area contributed by atoms with Crippen molar-refractivity contribution in [2.75, 3.05) is 19.0 Å². The molecule has 2 N–H and O–H groups in total. The van der Waals surface area contributed by atoms with Crippen molar-refractivity contribution >= 4 is 46.5 Å². The number of nitrogens with one attached hydrogen (secondary N) is 2. The van der Waals surface area contributed by atoms with Crippen LogP contribution < -0.4 is 10.6 Å². The zero-order valence-corrected chi connectivity index (χ0v) is 17.4. The van der Waals surface area contributed by atoms with E-state index in [1.807, 2.05) is 19.9 Å². The van der Waals surface area contributed by atoms with Gasteiger partial charge in [0.25, 0.3) is 5.91 Å². The fraction of sp³-hybridized carbons (Fsp3) is 0.316. The number of carbonyl (C=O) groups excluding carboxylic acids is 3. The largest absolute Gasteiger partial charge is 0.452 e. The van der Waals surface area contributed by atoms with Gasteiger partial charge in [-0.3, -0.25) is 4.79 Å². The van der Waals surface area contributed by atoms with Crippen molar-refractivity contribution in [3.63, 3.8) is 0 Å². The summed E-state index contributed by atoms with van der Waals surface area (Å²) in [6, 6.07) is 9.57. The van der Waals surface area contributed by atoms with Crippen molar-refractivity contribution in [3.05, 3.63) is 51.2 Å². The van der Waals surface area contributed by atoms with E-state index in [0.717, 1.165) is 4.88 Å². The van der Waals surface area contributed by atoms with E-state index >= 15 is 0 Å². The summed E-state index contributed by atoms with van der Waals surface area (Å²) in [4.78, 5) is 38.9. The molecule has 0 saturated carbocycles. The maximum absolute atomic E-state index is 12.4. The number of benzene rings is 1. The molecule has 2 rings (SSSR count). The van der Waals surface area contributed by atoms with Crippen LogP contribution in [-0.2, 0) is 16.1 Å². The number of esters is 1. The van der Waals surface area contributed by atoms with E-state index < -0.39 is 18.6 Å². The number of carbonyl (C=O) groups is 3. The third-order valence-corrected chi connectivity index (χ3v) is 4.81. The fourth-order valence-corrected chi connectivity index (χ4v) is 3.41. The third-order valence-electron chi connectivity index (χ3n) is 3.59. The number of nitrogens with zero attached hydrogens (tertiary/aromatic N) is 1. The van der Waals surface area contributed by atoms with Gasteiger partial charge in [-0.1, -0.05) is 23.7 Å². The average molecular weight is 424 g/mol. The summed E-state index contributed by atoms with van der Waals surface area (Å²) in [5.74, 6) is -1.04. The summed E-state index contributed by atoms with van der Waals surface area (Å²) in [5, 5.41) is 5.29. The van der Waals surface area contributed by atoms with Crippen molar-refractivity contribution in [2.45, 2.75) is 26.4 Å². The van der Waals surface area contributed by atoms with Crippen LogP contribution in [0.5, 0.6) is 0 Å². The number of ether oxygens (including phenoxy) is 1. The molecule has 0 atom stereocenters. The van der Waals surface area contributed by atoms with Gasteiger partial charge in [0.2, 0.25) is 0 Å². The molecule has 0 unspecified atom stereocenters. The van der Waals surface area contributed by atoms with Gasteiger partial charge in [-0.05, 0) is 38.1 Å². The summed E-state index contributed by atoms with van der Waals surface area (Å²) in [6.07, 6.45) is 0. The molecule has 9 heteroatoms. The highest BCUT2D eigenvalue weighted by atomic mass is 35.5. The minimum Gasteiger partial charge on any atom is -0.452 e. The number of para-hydroxylation sites is 1. The average Bonchev–Trinajstić information content (AvgIpc) is 3.03. The van der Waals surface area contributed by atoms with E-state index in [4.69, 9.17) is 16.3 Å². The van der Waals surface area contributed by atoms with E-state index in [-0.39, 0.29) is 17.5 Å². The second-order valence-corrected chi connectivity index (χ2v) is 8.13. The zero-order chi connectivity index (χ0) is 20.7. The van der Waals surface area contributed by atoms with E-state index in [2.05, 4.69) is 10.6 Å². The van der Waals surface area contributed by atoms with Crippen LogP contribution in [0.2, 0.25) is 4.34 Å². The molecular formula is C19H22ClN3O4S. The lowest BCUT2D eigenvalue weighted by molar-refractivity contribution is -0.133. The molecule has 150 valence electrons. The number of urea groups is 1. The first kappa shape index (κ1) is 21.7. The summed E-state index contributed by atoms with van der Waals surface area (Å²) in [6.45, 7) is 3.63. The molecule has 28 heavy (non-hydrogen) atoms. The molecule has 0 aliphatic carbocycles. The first-order valence-corrected chi connectivity index (χ1v) is 9.77. The van der Waals surface area contributed by atoms with Gasteiger partial charge < -0.3 is 20.3 Å². The molecule has 0 saturated heterocycles. The number of halogens is 1. The predicted molar refractivity (Wildman–Crippen MR) is 110 cm³/mol.